The minimum atomic E-state index is -4.69. The van der Waals surface area contributed by atoms with E-state index in [2.05, 4.69) is 11.9 Å². The van der Waals surface area contributed by atoms with Gasteiger partial charge in [-0.3, -0.25) is 23.6 Å². The summed E-state index contributed by atoms with van der Waals surface area (Å²) in [6.07, 6.45) is -1.92. The van der Waals surface area contributed by atoms with Crippen LogP contribution in [0.25, 0.3) is 6.08 Å². The summed E-state index contributed by atoms with van der Waals surface area (Å²) in [7, 11) is -2.95. The average molecular weight is 690 g/mol. The number of hydrogen-bond acceptors (Lipinski definition) is 8. The molecule has 0 atom stereocenters. The summed E-state index contributed by atoms with van der Waals surface area (Å²) in [6.45, 7) is 5.16. The quantitative estimate of drug-likeness (QED) is 0.172. The van der Waals surface area contributed by atoms with Crippen LogP contribution in [-0.2, 0) is 21.0 Å². The van der Waals surface area contributed by atoms with E-state index in [0.717, 1.165) is 39.2 Å². The molecule has 3 aromatic carbocycles. The first kappa shape index (κ1) is 35.1. The fraction of sp³-hybridized carbons (Fsp3) is 0.219. The van der Waals surface area contributed by atoms with Gasteiger partial charge in [0.2, 0.25) is 0 Å². The molecule has 47 heavy (non-hydrogen) atoms. The molecule has 248 valence electrons. The minimum absolute atomic E-state index is 0.0628. The number of rotatable bonds is 13. The fourth-order valence-electron chi connectivity index (χ4n) is 4.50. The van der Waals surface area contributed by atoms with E-state index in [-0.39, 0.29) is 40.7 Å². The summed E-state index contributed by atoms with van der Waals surface area (Å²) in [4.78, 5) is 39.3. The Morgan fingerprint density at radius 3 is 2.49 bits per heavy atom. The smallest absolute Gasteiger partial charge is 0.416 e. The lowest BCUT2D eigenvalue weighted by Crippen LogP contribution is -2.37. The van der Waals surface area contributed by atoms with Crippen molar-refractivity contribution in [3.63, 3.8) is 0 Å². The number of amides is 3. The molecule has 0 saturated carbocycles. The van der Waals surface area contributed by atoms with Gasteiger partial charge in [0.05, 0.1) is 41.3 Å². The molecule has 0 radical (unpaired) electrons. The predicted octanol–water partition coefficient (Wildman–Crippen LogP) is 5.96. The number of carbonyl (C=O) groups is 3. The molecule has 1 aliphatic heterocycles. The summed E-state index contributed by atoms with van der Waals surface area (Å²) in [5.41, 5.74) is -0.715. The van der Waals surface area contributed by atoms with Crippen molar-refractivity contribution in [1.82, 2.24) is 10.2 Å². The fourth-order valence-corrected chi connectivity index (χ4v) is 6.84. The average Bonchev–Trinajstić information content (AvgIpc) is 3.31. The Morgan fingerprint density at radius 2 is 1.81 bits per heavy atom. The largest absolute Gasteiger partial charge is 0.493 e. The van der Waals surface area contributed by atoms with Gasteiger partial charge in [-0.25, -0.2) is 8.42 Å². The molecule has 0 aromatic heterocycles. The number of nitrogens with zero attached hydrogens (tertiary/aromatic N) is 2. The zero-order valence-electron chi connectivity index (χ0n) is 25.2. The third-order valence-corrected chi connectivity index (χ3v) is 9.42. The van der Waals surface area contributed by atoms with Gasteiger partial charge in [-0.1, -0.05) is 24.3 Å². The van der Waals surface area contributed by atoms with E-state index in [1.54, 1.807) is 24.3 Å². The Morgan fingerprint density at radius 1 is 1.06 bits per heavy atom. The van der Waals surface area contributed by atoms with Gasteiger partial charge < -0.3 is 14.8 Å². The van der Waals surface area contributed by atoms with Crippen molar-refractivity contribution in [2.75, 3.05) is 37.7 Å². The monoisotopic (exact) mass is 689 g/mol. The maximum absolute atomic E-state index is 13.5. The van der Waals surface area contributed by atoms with Crippen molar-refractivity contribution < 1.29 is 45.4 Å². The van der Waals surface area contributed by atoms with Crippen molar-refractivity contribution in [2.45, 2.75) is 18.0 Å². The molecule has 1 N–H and O–H groups in total. The van der Waals surface area contributed by atoms with Crippen LogP contribution in [-0.4, -0.2) is 63.7 Å². The number of thioether (sulfide) groups is 1. The Labute approximate surface area is 273 Å². The van der Waals surface area contributed by atoms with Gasteiger partial charge in [0, 0.05) is 18.7 Å². The first-order valence-corrected chi connectivity index (χ1v) is 16.3. The van der Waals surface area contributed by atoms with E-state index >= 15 is 0 Å². The lowest BCUT2D eigenvalue weighted by molar-refractivity contribution is -0.137. The molecule has 0 bridgehead atoms. The maximum Gasteiger partial charge on any atom is 0.416 e. The zero-order valence-corrected chi connectivity index (χ0v) is 26.9. The van der Waals surface area contributed by atoms with Gasteiger partial charge in [-0.05, 0) is 78.9 Å². The van der Waals surface area contributed by atoms with Crippen molar-refractivity contribution in [3.8, 4) is 11.5 Å². The van der Waals surface area contributed by atoms with E-state index in [4.69, 9.17) is 9.47 Å². The molecule has 15 heteroatoms. The van der Waals surface area contributed by atoms with Crippen LogP contribution in [0, 0.1) is 0 Å². The van der Waals surface area contributed by atoms with Crippen LogP contribution >= 0.6 is 11.8 Å². The lowest BCUT2D eigenvalue weighted by Gasteiger charge is -2.24. The molecule has 0 spiro atoms. The molecule has 1 heterocycles. The number of anilines is 1. The number of nitrogens with one attached hydrogen (secondary N) is 1. The molecular weight excluding hydrogens is 659 g/mol. The second-order valence-electron chi connectivity index (χ2n) is 9.83. The summed E-state index contributed by atoms with van der Waals surface area (Å²) >= 11 is 0.744. The third-order valence-electron chi connectivity index (χ3n) is 6.72. The Kier molecular flexibility index (Phi) is 11.0. The van der Waals surface area contributed by atoms with Gasteiger partial charge in [-0.2, -0.15) is 13.2 Å². The van der Waals surface area contributed by atoms with Gasteiger partial charge in [0.15, 0.2) is 11.5 Å². The van der Waals surface area contributed by atoms with E-state index in [1.165, 1.54) is 37.5 Å². The second-order valence-corrected chi connectivity index (χ2v) is 12.7. The second kappa shape index (κ2) is 14.8. The number of ether oxygens (including phenoxy) is 2. The van der Waals surface area contributed by atoms with Crippen LogP contribution < -0.4 is 19.1 Å². The highest BCUT2D eigenvalue weighted by molar-refractivity contribution is 8.18. The molecule has 3 amide bonds. The standard InChI is InChI=1S/C32H30F3N3O7S2/c1-4-15-38(24-10-7-9-23(20-24)32(33,34)35)47(42,43)25-11-6-8-22(19-25)29(39)36-14-16-37-30(40)28(46-31(37)41)18-21-12-13-26(45-5-2)27(17-21)44-3/h4,6-13,17-20H,1,5,14-16H2,2-3H3,(H,36,39). The molecule has 0 aliphatic carbocycles. The van der Waals surface area contributed by atoms with E-state index < -0.39 is 38.8 Å². The Hall–Kier alpha value is -4.76. The Balaban J connectivity index is 1.44. The topological polar surface area (TPSA) is 122 Å². The van der Waals surface area contributed by atoms with Gasteiger partial charge in [-0.15, -0.1) is 6.58 Å². The summed E-state index contributed by atoms with van der Waals surface area (Å²) in [6, 6.07) is 13.9. The van der Waals surface area contributed by atoms with E-state index in [1.807, 2.05) is 6.92 Å². The number of hydrogen-bond donors (Lipinski definition) is 1. The van der Waals surface area contributed by atoms with E-state index in [0.29, 0.717) is 29.7 Å². The highest BCUT2D eigenvalue weighted by Gasteiger charge is 2.35. The first-order valence-electron chi connectivity index (χ1n) is 14.1. The number of carbonyl (C=O) groups excluding carboxylic acids is 3. The normalized spacial score (nSPS) is 14.3. The van der Waals surface area contributed by atoms with Gasteiger partial charge in [0.25, 0.3) is 27.1 Å². The molecule has 1 saturated heterocycles. The van der Waals surface area contributed by atoms with Crippen LogP contribution in [0.3, 0.4) is 0 Å². The van der Waals surface area contributed by atoms with Crippen molar-refractivity contribution in [3.05, 3.63) is 101 Å². The van der Waals surface area contributed by atoms with Crippen LogP contribution in [0.1, 0.15) is 28.4 Å². The number of alkyl halides is 3. The lowest BCUT2D eigenvalue weighted by atomic mass is 10.2. The van der Waals surface area contributed by atoms with Crippen LogP contribution in [0.15, 0.2) is 89.2 Å². The molecule has 10 nitrogen and oxygen atoms in total. The first-order chi connectivity index (χ1) is 22.3. The Bertz CT molecular complexity index is 1830. The third kappa shape index (κ3) is 8.16. The van der Waals surface area contributed by atoms with Crippen molar-refractivity contribution in [2.24, 2.45) is 0 Å². The van der Waals surface area contributed by atoms with Gasteiger partial charge >= 0.3 is 6.18 Å². The molecule has 4 rings (SSSR count). The highest BCUT2D eigenvalue weighted by Crippen LogP contribution is 2.35. The van der Waals surface area contributed by atoms with Crippen LogP contribution in [0.5, 0.6) is 11.5 Å². The maximum atomic E-state index is 13.5. The summed E-state index contributed by atoms with van der Waals surface area (Å²) in [5, 5.41) is 2.03. The molecular formula is C32H30F3N3O7S2. The van der Waals surface area contributed by atoms with E-state index in [9.17, 15) is 36.0 Å². The summed E-state index contributed by atoms with van der Waals surface area (Å²) in [5.74, 6) is -0.250. The number of benzene rings is 3. The number of halogens is 3. The molecule has 1 fully saturated rings. The predicted molar refractivity (Wildman–Crippen MR) is 172 cm³/mol. The summed E-state index contributed by atoms with van der Waals surface area (Å²) < 4.78 is 78.5. The SMILES string of the molecule is C=CCN(c1cccc(C(F)(F)F)c1)S(=O)(=O)c1cccc(C(=O)NCCN2C(=O)SC(=Cc3ccc(OCC)c(OC)c3)C2=O)c1. The molecule has 1 aliphatic rings. The number of imide groups is 1. The van der Waals surface area contributed by atoms with Crippen molar-refractivity contribution in [1.29, 1.82) is 0 Å². The minimum Gasteiger partial charge on any atom is -0.493 e. The number of sulfonamides is 1. The zero-order chi connectivity index (χ0) is 34.4. The van der Waals surface area contributed by atoms with Crippen LogP contribution in [0.2, 0.25) is 0 Å². The number of methoxy groups -OCH3 is 1. The van der Waals surface area contributed by atoms with Crippen molar-refractivity contribution >= 4 is 50.6 Å². The highest BCUT2D eigenvalue weighted by atomic mass is 32.2. The molecule has 0 unspecified atom stereocenters. The van der Waals surface area contributed by atoms with Gasteiger partial charge in [0.1, 0.15) is 0 Å². The van der Waals surface area contributed by atoms with Crippen LogP contribution in [0.4, 0.5) is 23.7 Å². The molecule has 3 aromatic rings.